The van der Waals surface area contributed by atoms with E-state index in [9.17, 15) is 0 Å². The molecule has 0 amide bonds. The molecule has 0 aliphatic carbocycles. The number of benzene rings is 1. The summed E-state index contributed by atoms with van der Waals surface area (Å²) >= 11 is 6.48. The van der Waals surface area contributed by atoms with Gasteiger partial charge in [-0.25, -0.2) is 0 Å². The summed E-state index contributed by atoms with van der Waals surface area (Å²) in [5.41, 5.74) is 1.12. The van der Waals surface area contributed by atoms with Crippen molar-refractivity contribution in [2.24, 2.45) is 0 Å². The Labute approximate surface area is 109 Å². The van der Waals surface area contributed by atoms with E-state index in [1.807, 2.05) is 36.2 Å². The van der Waals surface area contributed by atoms with E-state index < -0.39 is 0 Å². The summed E-state index contributed by atoms with van der Waals surface area (Å²) in [6.45, 7) is 0.736. The lowest BCUT2D eigenvalue weighted by molar-refractivity contribution is 0.409. The van der Waals surface area contributed by atoms with Crippen LogP contribution in [-0.2, 0) is 6.54 Å². The first-order valence-corrected chi connectivity index (χ1v) is 6.31. The van der Waals surface area contributed by atoms with Crippen molar-refractivity contribution >= 4 is 28.7 Å². The molecule has 0 saturated heterocycles. The van der Waals surface area contributed by atoms with Crippen molar-refractivity contribution in [3.8, 4) is 5.75 Å². The predicted octanol–water partition coefficient (Wildman–Crippen LogP) is 2.85. The van der Waals surface area contributed by atoms with Crippen LogP contribution < -0.4 is 9.64 Å². The normalized spacial score (nSPS) is 10.2. The van der Waals surface area contributed by atoms with Crippen LogP contribution in [-0.4, -0.2) is 24.4 Å². The van der Waals surface area contributed by atoms with Gasteiger partial charge in [0.25, 0.3) is 0 Å². The van der Waals surface area contributed by atoms with Gasteiger partial charge in [-0.2, -0.15) is 0 Å². The second kappa shape index (κ2) is 5.29. The second-order valence-corrected chi connectivity index (χ2v) is 5.21. The van der Waals surface area contributed by atoms with Gasteiger partial charge >= 0.3 is 0 Å². The van der Waals surface area contributed by atoms with E-state index in [0.29, 0.717) is 3.95 Å². The minimum Gasteiger partial charge on any atom is -0.496 e. The highest BCUT2D eigenvalue weighted by molar-refractivity contribution is 7.73. The molecule has 6 heteroatoms. The number of hydrogen-bond donors (Lipinski definition) is 1. The zero-order valence-corrected chi connectivity index (χ0v) is 11.3. The number of hydrogen-bond acceptors (Lipinski definition) is 5. The third-order valence-electron chi connectivity index (χ3n) is 2.35. The second-order valence-electron chi connectivity index (χ2n) is 3.56. The van der Waals surface area contributed by atoms with Crippen LogP contribution in [0.2, 0.25) is 0 Å². The van der Waals surface area contributed by atoms with Crippen molar-refractivity contribution in [1.29, 1.82) is 0 Å². The van der Waals surface area contributed by atoms with Crippen LogP contribution in [0.5, 0.6) is 5.75 Å². The highest BCUT2D eigenvalue weighted by atomic mass is 32.1. The Bertz CT molecular complexity index is 549. The lowest BCUT2D eigenvalue weighted by atomic mass is 10.2. The van der Waals surface area contributed by atoms with Gasteiger partial charge in [-0.15, -0.1) is 5.10 Å². The van der Waals surface area contributed by atoms with Crippen LogP contribution in [0, 0.1) is 3.95 Å². The maximum atomic E-state index is 5.32. The Morgan fingerprint density at radius 1 is 1.47 bits per heavy atom. The van der Waals surface area contributed by atoms with Crippen molar-refractivity contribution < 1.29 is 4.74 Å². The van der Waals surface area contributed by atoms with Crippen molar-refractivity contribution in [2.75, 3.05) is 19.1 Å². The van der Waals surface area contributed by atoms with Crippen LogP contribution >= 0.6 is 23.6 Å². The maximum Gasteiger partial charge on any atom is 0.206 e. The van der Waals surface area contributed by atoms with Crippen LogP contribution in [0.15, 0.2) is 24.3 Å². The smallest absolute Gasteiger partial charge is 0.206 e. The molecule has 17 heavy (non-hydrogen) atoms. The highest BCUT2D eigenvalue weighted by Crippen LogP contribution is 2.23. The van der Waals surface area contributed by atoms with Gasteiger partial charge in [0.05, 0.1) is 7.11 Å². The lowest BCUT2D eigenvalue weighted by Gasteiger charge is -2.16. The summed E-state index contributed by atoms with van der Waals surface area (Å²) in [5, 5.41) is 7.79. The molecular formula is C11H13N3OS2. The minimum absolute atomic E-state index is 0.687. The first-order valence-electron chi connectivity index (χ1n) is 5.09. The van der Waals surface area contributed by atoms with Gasteiger partial charge in [-0.05, 0) is 18.3 Å². The van der Waals surface area contributed by atoms with Gasteiger partial charge in [0.1, 0.15) is 5.75 Å². The number of aromatic nitrogens is 2. The van der Waals surface area contributed by atoms with E-state index in [2.05, 4.69) is 10.2 Å². The molecular weight excluding hydrogens is 254 g/mol. The van der Waals surface area contributed by atoms with Crippen molar-refractivity contribution in [1.82, 2.24) is 10.2 Å². The fourth-order valence-electron chi connectivity index (χ4n) is 1.54. The SMILES string of the molecule is COc1ccccc1CN(C)c1n[nH]c(=S)s1. The minimum atomic E-state index is 0.687. The van der Waals surface area contributed by atoms with E-state index in [1.54, 1.807) is 7.11 Å². The van der Waals surface area contributed by atoms with Gasteiger partial charge in [-0.1, -0.05) is 29.5 Å². The number of para-hydroxylation sites is 1. The van der Waals surface area contributed by atoms with Crippen LogP contribution in [0.4, 0.5) is 5.13 Å². The molecule has 4 nitrogen and oxygen atoms in total. The molecule has 1 aromatic carbocycles. The molecule has 0 fully saturated rings. The Balaban J connectivity index is 2.18. The number of methoxy groups -OCH3 is 1. The Morgan fingerprint density at radius 3 is 2.88 bits per heavy atom. The number of aromatic amines is 1. The predicted molar refractivity (Wildman–Crippen MR) is 72.4 cm³/mol. The van der Waals surface area contributed by atoms with E-state index in [4.69, 9.17) is 17.0 Å². The molecule has 0 bridgehead atoms. The molecule has 2 rings (SSSR count). The molecule has 1 aromatic heterocycles. The molecule has 1 N–H and O–H groups in total. The molecule has 0 radical (unpaired) electrons. The fraction of sp³-hybridized carbons (Fsp3) is 0.273. The van der Waals surface area contributed by atoms with E-state index in [0.717, 1.165) is 23.0 Å². The third kappa shape index (κ3) is 2.83. The third-order valence-corrected chi connectivity index (χ3v) is 3.56. The maximum absolute atomic E-state index is 5.32. The average Bonchev–Trinajstić information content (AvgIpc) is 2.77. The summed E-state index contributed by atoms with van der Waals surface area (Å²) in [4.78, 5) is 2.04. The van der Waals surface area contributed by atoms with Gasteiger partial charge in [0.15, 0.2) is 3.95 Å². The molecule has 0 atom stereocenters. The zero-order valence-electron chi connectivity index (χ0n) is 9.64. The van der Waals surface area contributed by atoms with Gasteiger partial charge in [0, 0.05) is 19.2 Å². The number of nitrogens with zero attached hydrogens (tertiary/aromatic N) is 2. The summed E-state index contributed by atoms with van der Waals surface area (Å²) in [7, 11) is 3.66. The molecule has 2 aromatic rings. The molecule has 0 aliphatic heterocycles. The summed E-state index contributed by atoms with van der Waals surface area (Å²) in [6, 6.07) is 7.95. The fourth-order valence-corrected chi connectivity index (χ4v) is 2.38. The Morgan fingerprint density at radius 2 is 2.24 bits per heavy atom. The largest absolute Gasteiger partial charge is 0.496 e. The summed E-state index contributed by atoms with van der Waals surface area (Å²) < 4.78 is 6.00. The standard InChI is InChI=1S/C11H13N3OS2/c1-14(10-12-13-11(16)17-10)7-8-5-3-4-6-9(8)15-2/h3-6H,7H2,1-2H3,(H,13,16). The van der Waals surface area contributed by atoms with Gasteiger partial charge < -0.3 is 9.64 Å². The van der Waals surface area contributed by atoms with Crippen molar-refractivity contribution in [2.45, 2.75) is 6.54 Å². The Hall–Kier alpha value is -1.40. The van der Waals surface area contributed by atoms with Crippen LogP contribution in [0.1, 0.15) is 5.56 Å². The highest BCUT2D eigenvalue weighted by Gasteiger charge is 2.08. The summed E-state index contributed by atoms with van der Waals surface area (Å²) in [5.74, 6) is 0.887. The van der Waals surface area contributed by atoms with Crippen LogP contribution in [0.25, 0.3) is 0 Å². The zero-order chi connectivity index (χ0) is 12.3. The van der Waals surface area contributed by atoms with Crippen molar-refractivity contribution in [3.63, 3.8) is 0 Å². The monoisotopic (exact) mass is 267 g/mol. The van der Waals surface area contributed by atoms with Gasteiger partial charge in [0.2, 0.25) is 5.13 Å². The quantitative estimate of drug-likeness (QED) is 0.865. The molecule has 0 spiro atoms. The number of nitrogens with one attached hydrogen (secondary N) is 1. The molecule has 0 unspecified atom stereocenters. The Kier molecular flexibility index (Phi) is 3.75. The number of anilines is 1. The van der Waals surface area contributed by atoms with E-state index >= 15 is 0 Å². The summed E-state index contributed by atoms with van der Waals surface area (Å²) in [6.07, 6.45) is 0. The number of rotatable bonds is 4. The van der Waals surface area contributed by atoms with Crippen LogP contribution in [0.3, 0.4) is 0 Å². The number of ether oxygens (including phenoxy) is 1. The molecule has 0 saturated carbocycles. The molecule has 1 heterocycles. The van der Waals surface area contributed by atoms with Gasteiger partial charge in [-0.3, -0.25) is 5.10 Å². The van der Waals surface area contributed by atoms with E-state index in [-0.39, 0.29) is 0 Å². The first-order chi connectivity index (χ1) is 8.20. The first kappa shape index (κ1) is 12.1. The lowest BCUT2D eigenvalue weighted by Crippen LogP contribution is -2.16. The van der Waals surface area contributed by atoms with E-state index in [1.165, 1.54) is 11.3 Å². The average molecular weight is 267 g/mol. The van der Waals surface area contributed by atoms with Crippen molar-refractivity contribution in [3.05, 3.63) is 33.8 Å². The molecule has 0 aliphatic rings. The topological polar surface area (TPSA) is 41.1 Å². The molecule has 90 valence electrons. The number of H-pyrrole nitrogens is 1.